The van der Waals surface area contributed by atoms with Crippen molar-refractivity contribution in [3.8, 4) is 5.75 Å². The largest absolute Gasteiger partial charge is 0.491 e. The maximum absolute atomic E-state index is 10.7. The zero-order valence-electron chi connectivity index (χ0n) is 17.8. The Morgan fingerprint density at radius 1 is 1.03 bits per heavy atom. The number of para-hydroxylation sites is 1. The molecular formula is C26H27ClN2O3. The van der Waals surface area contributed by atoms with E-state index in [1.165, 1.54) is 0 Å². The number of benzene rings is 3. The maximum atomic E-state index is 10.7. The van der Waals surface area contributed by atoms with E-state index in [1.54, 1.807) is 0 Å². The summed E-state index contributed by atoms with van der Waals surface area (Å²) >= 11 is 6.18. The van der Waals surface area contributed by atoms with Gasteiger partial charge in [0.25, 0.3) is 0 Å². The molecule has 1 aliphatic heterocycles. The van der Waals surface area contributed by atoms with E-state index in [4.69, 9.17) is 21.2 Å². The molecule has 3 aromatic carbocycles. The van der Waals surface area contributed by atoms with Crippen LogP contribution in [-0.2, 0) is 11.4 Å². The molecule has 1 aliphatic rings. The first-order valence-electron chi connectivity index (χ1n) is 10.8. The minimum absolute atomic E-state index is 0.0772. The summed E-state index contributed by atoms with van der Waals surface area (Å²) in [5, 5.41) is 15.7. The van der Waals surface area contributed by atoms with Crippen LogP contribution in [0.4, 0.5) is 0 Å². The summed E-state index contributed by atoms with van der Waals surface area (Å²) < 4.78 is 5.73. The number of aliphatic hydroxyl groups is 1. The average Bonchev–Trinajstić information content (AvgIpc) is 3.27. The highest BCUT2D eigenvalue weighted by Gasteiger charge is 2.26. The second kappa shape index (κ2) is 11.1. The molecule has 2 atom stereocenters. The molecule has 4 rings (SSSR count). The van der Waals surface area contributed by atoms with Gasteiger partial charge in [0, 0.05) is 31.1 Å². The number of ether oxygens (including phenoxy) is 1. The number of oxime groups is 1. The van der Waals surface area contributed by atoms with Gasteiger partial charge in [0.2, 0.25) is 0 Å². The zero-order chi connectivity index (χ0) is 22.2. The first kappa shape index (κ1) is 22.3. The molecule has 0 aromatic heterocycles. The van der Waals surface area contributed by atoms with E-state index >= 15 is 0 Å². The van der Waals surface area contributed by atoms with Crippen LogP contribution in [0.1, 0.15) is 17.5 Å². The Hall–Kier alpha value is -2.86. The van der Waals surface area contributed by atoms with E-state index in [0.29, 0.717) is 24.7 Å². The Morgan fingerprint density at radius 3 is 2.53 bits per heavy atom. The first-order chi connectivity index (χ1) is 15.7. The zero-order valence-corrected chi connectivity index (χ0v) is 18.6. The molecule has 166 valence electrons. The maximum Gasteiger partial charge on any atom is 0.145 e. The molecule has 1 N–H and O–H groups in total. The number of nitrogens with zero attached hydrogens (tertiary/aromatic N) is 2. The standard InChI is InChI=1S/C26H27ClN2O3/c27-22-11-7-8-20(14-22)16-29(17-23(30)19-31-24-12-5-2-6-13-24)18-25-15-26(28-32-25)21-9-3-1-4-10-21/h1-14,23,25,30H,15-19H2/t23-,25-/m1/s1. The lowest BCUT2D eigenvalue weighted by Crippen LogP contribution is -2.39. The Labute approximate surface area is 193 Å². The van der Waals surface area contributed by atoms with Crippen molar-refractivity contribution in [2.75, 3.05) is 19.7 Å². The lowest BCUT2D eigenvalue weighted by atomic mass is 10.0. The molecular weight excluding hydrogens is 424 g/mol. The third kappa shape index (κ3) is 6.57. The van der Waals surface area contributed by atoms with Crippen LogP contribution in [0.25, 0.3) is 0 Å². The summed E-state index contributed by atoms with van der Waals surface area (Å²) in [5.41, 5.74) is 3.11. The van der Waals surface area contributed by atoms with Gasteiger partial charge in [-0.2, -0.15) is 0 Å². The molecule has 0 saturated heterocycles. The van der Waals surface area contributed by atoms with Crippen LogP contribution in [-0.4, -0.2) is 47.6 Å². The van der Waals surface area contributed by atoms with Crippen molar-refractivity contribution in [2.24, 2.45) is 5.16 Å². The lowest BCUT2D eigenvalue weighted by Gasteiger charge is -2.27. The quantitative estimate of drug-likeness (QED) is 0.483. The van der Waals surface area contributed by atoms with Crippen molar-refractivity contribution in [1.82, 2.24) is 4.90 Å². The van der Waals surface area contributed by atoms with Gasteiger partial charge < -0.3 is 14.7 Å². The van der Waals surface area contributed by atoms with Crippen molar-refractivity contribution < 1.29 is 14.7 Å². The molecule has 0 saturated carbocycles. The first-order valence-corrected chi connectivity index (χ1v) is 11.1. The monoisotopic (exact) mass is 450 g/mol. The van der Waals surface area contributed by atoms with E-state index in [1.807, 2.05) is 84.9 Å². The van der Waals surface area contributed by atoms with Gasteiger partial charge in [-0.1, -0.05) is 77.4 Å². The Morgan fingerprint density at radius 2 is 1.78 bits per heavy atom. The fourth-order valence-electron chi connectivity index (χ4n) is 3.77. The van der Waals surface area contributed by atoms with Gasteiger partial charge in [-0.25, -0.2) is 0 Å². The van der Waals surface area contributed by atoms with Gasteiger partial charge in [-0.15, -0.1) is 0 Å². The van der Waals surface area contributed by atoms with Crippen molar-refractivity contribution in [3.05, 3.63) is 101 Å². The summed E-state index contributed by atoms with van der Waals surface area (Å²) in [6, 6.07) is 27.4. The predicted octanol–water partition coefficient (Wildman–Crippen LogP) is 4.78. The molecule has 32 heavy (non-hydrogen) atoms. The second-order valence-corrected chi connectivity index (χ2v) is 8.37. The molecule has 3 aromatic rings. The second-order valence-electron chi connectivity index (χ2n) is 7.94. The topological polar surface area (TPSA) is 54.3 Å². The number of aliphatic hydroxyl groups excluding tert-OH is 1. The lowest BCUT2D eigenvalue weighted by molar-refractivity contribution is 0.0213. The normalized spacial score (nSPS) is 16.5. The molecule has 0 unspecified atom stereocenters. The smallest absolute Gasteiger partial charge is 0.145 e. The van der Waals surface area contributed by atoms with Crippen LogP contribution in [0.5, 0.6) is 5.75 Å². The summed E-state index contributed by atoms with van der Waals surface area (Å²) in [4.78, 5) is 7.90. The highest BCUT2D eigenvalue weighted by atomic mass is 35.5. The van der Waals surface area contributed by atoms with Gasteiger partial charge in [0.05, 0.1) is 5.71 Å². The van der Waals surface area contributed by atoms with Crippen LogP contribution in [0, 0.1) is 0 Å². The minimum Gasteiger partial charge on any atom is -0.491 e. The van der Waals surface area contributed by atoms with Crippen molar-refractivity contribution in [2.45, 2.75) is 25.2 Å². The third-order valence-corrected chi connectivity index (χ3v) is 5.49. The average molecular weight is 451 g/mol. The van der Waals surface area contributed by atoms with E-state index in [-0.39, 0.29) is 12.7 Å². The number of hydrogen-bond acceptors (Lipinski definition) is 5. The molecule has 6 heteroatoms. The summed E-state index contributed by atoms with van der Waals surface area (Å²) in [7, 11) is 0. The fraction of sp³-hybridized carbons (Fsp3) is 0.269. The van der Waals surface area contributed by atoms with Gasteiger partial charge in [-0.3, -0.25) is 4.90 Å². The Kier molecular flexibility index (Phi) is 7.77. The third-order valence-electron chi connectivity index (χ3n) is 5.25. The van der Waals surface area contributed by atoms with Crippen LogP contribution in [0.3, 0.4) is 0 Å². The molecule has 0 spiro atoms. The molecule has 5 nitrogen and oxygen atoms in total. The van der Waals surface area contributed by atoms with Crippen molar-refractivity contribution in [1.29, 1.82) is 0 Å². The van der Waals surface area contributed by atoms with Gasteiger partial charge in [0.1, 0.15) is 24.6 Å². The number of halogens is 1. The van der Waals surface area contributed by atoms with Crippen molar-refractivity contribution in [3.63, 3.8) is 0 Å². The number of rotatable bonds is 10. The van der Waals surface area contributed by atoms with Crippen LogP contribution < -0.4 is 4.74 Å². The van der Waals surface area contributed by atoms with E-state index in [2.05, 4.69) is 10.1 Å². The number of hydrogen-bond donors (Lipinski definition) is 1. The summed E-state index contributed by atoms with van der Waals surface area (Å²) in [5.74, 6) is 0.743. The predicted molar refractivity (Wildman–Crippen MR) is 127 cm³/mol. The van der Waals surface area contributed by atoms with Gasteiger partial charge >= 0.3 is 0 Å². The van der Waals surface area contributed by atoms with Gasteiger partial charge in [-0.05, 0) is 35.4 Å². The molecule has 0 fully saturated rings. The molecule has 0 aliphatic carbocycles. The molecule has 0 bridgehead atoms. The van der Waals surface area contributed by atoms with Crippen molar-refractivity contribution >= 4 is 17.3 Å². The van der Waals surface area contributed by atoms with Crippen LogP contribution >= 0.6 is 11.6 Å². The SMILES string of the molecule is O[C@@H](COc1ccccc1)CN(Cc1cccc(Cl)c1)C[C@H]1CC(c2ccccc2)=NO1. The van der Waals surface area contributed by atoms with Crippen LogP contribution in [0.2, 0.25) is 5.02 Å². The Balaban J connectivity index is 1.37. The molecule has 0 amide bonds. The summed E-state index contributed by atoms with van der Waals surface area (Å²) in [6.07, 6.45) is 0.00378. The fourth-order valence-corrected chi connectivity index (χ4v) is 3.99. The van der Waals surface area contributed by atoms with E-state index in [9.17, 15) is 5.11 Å². The molecule has 0 radical (unpaired) electrons. The van der Waals surface area contributed by atoms with Crippen LogP contribution in [0.15, 0.2) is 90.1 Å². The van der Waals surface area contributed by atoms with E-state index in [0.717, 1.165) is 29.0 Å². The van der Waals surface area contributed by atoms with Gasteiger partial charge in [0.15, 0.2) is 0 Å². The molecule has 1 heterocycles. The highest BCUT2D eigenvalue weighted by Crippen LogP contribution is 2.20. The highest BCUT2D eigenvalue weighted by molar-refractivity contribution is 6.30. The summed E-state index contributed by atoms with van der Waals surface area (Å²) in [6.45, 7) is 1.94. The van der Waals surface area contributed by atoms with E-state index < -0.39 is 6.10 Å². The minimum atomic E-state index is -0.648. The Bertz CT molecular complexity index is 1010.